The van der Waals surface area contributed by atoms with Crippen LogP contribution in [-0.4, -0.2) is 85.7 Å². The number of nitrogens with zero attached hydrogens (tertiary/aromatic N) is 1. The highest BCUT2D eigenvalue weighted by Crippen LogP contribution is 2.56. The van der Waals surface area contributed by atoms with Gasteiger partial charge in [0.05, 0.1) is 29.3 Å². The number of aromatic hydroxyl groups is 1. The maximum Gasteiger partial charge on any atom is 0.255 e. The minimum absolute atomic E-state index is 0.00574. The molecule has 274 valence electrons. The van der Waals surface area contributed by atoms with Crippen LogP contribution in [0.15, 0.2) is 41.2 Å². The maximum absolute atomic E-state index is 14.2. The molecule has 0 heterocycles. The van der Waals surface area contributed by atoms with Crippen molar-refractivity contribution < 1.29 is 44.7 Å². The second-order valence-electron chi connectivity index (χ2n) is 14.4. The molecule has 1 fully saturated rings. The van der Waals surface area contributed by atoms with Crippen LogP contribution >= 0.6 is 9.24 Å². The molecular weight excluding hydrogens is 673 g/mol. The molecule has 7 atom stereocenters. The van der Waals surface area contributed by atoms with E-state index in [0.717, 1.165) is 32.1 Å². The van der Waals surface area contributed by atoms with E-state index in [2.05, 4.69) is 40.5 Å². The average Bonchev–Trinajstić information content (AvgIpc) is 3.06. The molecule has 0 radical (unpaired) electrons. The number of nitrogens with one attached hydrogen (secondary N) is 1. The number of fused-ring (bicyclic) bond motifs is 3. The molecule has 51 heavy (non-hydrogen) atoms. The molecule has 3 aliphatic carbocycles. The zero-order chi connectivity index (χ0) is 37.7. The first-order chi connectivity index (χ1) is 24.0. The van der Waals surface area contributed by atoms with Crippen molar-refractivity contribution in [3.05, 3.63) is 69.0 Å². The minimum atomic E-state index is -3.00. The number of Topliss-reactive ketones (excluding diaryl/α,β-unsaturated/α-hetero) is 2. The van der Waals surface area contributed by atoms with Crippen molar-refractivity contribution in [2.45, 2.75) is 89.4 Å². The van der Waals surface area contributed by atoms with Crippen molar-refractivity contribution >= 4 is 49.4 Å². The number of anilines is 1. The molecule has 5 rings (SSSR count). The largest absolute Gasteiger partial charge is 0.508 e. The molecule has 1 saturated carbocycles. The van der Waals surface area contributed by atoms with Crippen LogP contribution in [0.5, 0.6) is 5.75 Å². The Labute approximate surface area is 299 Å². The lowest BCUT2D eigenvalue weighted by Crippen LogP contribution is -2.70. The number of phenolic OH excluding ortho intramolecular Hbond substituents is 1. The number of carbonyl (C=O) groups excluding carboxylic acids is 4. The van der Waals surface area contributed by atoms with Crippen LogP contribution in [-0.2, 0) is 25.6 Å². The Morgan fingerprint density at radius 1 is 0.980 bits per heavy atom. The van der Waals surface area contributed by atoms with Gasteiger partial charge in [0.2, 0.25) is 11.7 Å². The first-order valence-electron chi connectivity index (χ1n) is 17.3. The number of nitrogens with two attached hydrogens (primary N) is 1. The molecular formula is C38H48N3O9P. The number of unbranched alkanes of at least 4 members (excludes halogenated alkanes) is 4. The third-order valence-electron chi connectivity index (χ3n) is 11.2. The number of likely N-dealkylation sites (N-methyl/N-ethyl adjacent to an activating group) is 1. The van der Waals surface area contributed by atoms with E-state index < -0.39 is 81.4 Å². The Hall–Kier alpha value is -4.09. The summed E-state index contributed by atoms with van der Waals surface area (Å²) in [6.07, 6.45) is 4.08. The number of aryl methyl sites for hydroxylation is 1. The average molecular weight is 722 g/mol. The van der Waals surface area contributed by atoms with E-state index in [4.69, 9.17) is 5.73 Å². The number of ketones is 2. The molecule has 8 N–H and O–H groups in total. The lowest BCUT2D eigenvalue weighted by molar-refractivity contribution is -0.169. The van der Waals surface area contributed by atoms with Gasteiger partial charge in [-0.3, -0.25) is 24.1 Å². The van der Waals surface area contributed by atoms with Gasteiger partial charge in [0.1, 0.15) is 22.8 Å². The Balaban J connectivity index is 1.32. The molecule has 3 aliphatic rings. The van der Waals surface area contributed by atoms with Crippen LogP contribution in [0.4, 0.5) is 5.69 Å². The highest BCUT2D eigenvalue weighted by atomic mass is 31.0. The summed E-state index contributed by atoms with van der Waals surface area (Å²) in [5.74, 6) is -10.1. The van der Waals surface area contributed by atoms with Crippen molar-refractivity contribution in [2.75, 3.05) is 19.4 Å². The Morgan fingerprint density at radius 2 is 1.63 bits per heavy atom. The van der Waals surface area contributed by atoms with E-state index in [9.17, 15) is 44.7 Å². The number of phenols is 1. The summed E-state index contributed by atoms with van der Waals surface area (Å²) in [7, 11) is 5.67. The lowest BCUT2D eigenvalue weighted by atomic mass is 9.54. The van der Waals surface area contributed by atoms with Crippen LogP contribution < -0.4 is 16.4 Å². The molecule has 13 heteroatoms. The number of hydrogen-bond acceptors (Lipinski definition) is 10. The van der Waals surface area contributed by atoms with Crippen LogP contribution in [0.25, 0.3) is 5.76 Å². The van der Waals surface area contributed by atoms with Crippen LogP contribution in [0.2, 0.25) is 0 Å². The van der Waals surface area contributed by atoms with Crippen LogP contribution in [0.3, 0.4) is 0 Å². The number of aliphatic hydroxyl groups is 4. The number of rotatable bonds is 11. The highest BCUT2D eigenvalue weighted by Gasteiger charge is 2.68. The predicted molar refractivity (Wildman–Crippen MR) is 196 cm³/mol. The summed E-state index contributed by atoms with van der Waals surface area (Å²) in [6, 6.07) is 5.92. The number of hydrogen-bond donors (Lipinski definition) is 7. The van der Waals surface area contributed by atoms with Gasteiger partial charge in [0.15, 0.2) is 11.4 Å². The fraction of sp³-hybridized carbons (Fsp3) is 0.474. The summed E-state index contributed by atoms with van der Waals surface area (Å²) < 4.78 is 0. The van der Waals surface area contributed by atoms with E-state index in [1.807, 2.05) is 0 Å². The quantitative estimate of drug-likeness (QED) is 0.0780. The highest BCUT2D eigenvalue weighted by molar-refractivity contribution is 7.27. The number of aliphatic hydroxyl groups excluding tert-OH is 3. The maximum atomic E-state index is 14.2. The van der Waals surface area contributed by atoms with Gasteiger partial charge < -0.3 is 36.6 Å². The Kier molecular flexibility index (Phi) is 10.8. The van der Waals surface area contributed by atoms with E-state index in [0.29, 0.717) is 12.0 Å². The minimum Gasteiger partial charge on any atom is -0.508 e. The summed E-state index contributed by atoms with van der Waals surface area (Å²) in [5.41, 5.74) is 5.05. The molecule has 0 saturated heterocycles. The number of benzene rings is 2. The molecule has 0 spiro atoms. The van der Waals surface area contributed by atoms with Crippen molar-refractivity contribution in [2.24, 2.45) is 17.6 Å². The first kappa shape index (κ1) is 38.1. The van der Waals surface area contributed by atoms with Crippen molar-refractivity contribution in [1.82, 2.24) is 4.90 Å². The molecule has 1 unspecified atom stereocenters. The van der Waals surface area contributed by atoms with Crippen molar-refractivity contribution in [1.29, 1.82) is 0 Å². The lowest BCUT2D eigenvalue weighted by Gasteiger charge is -2.53. The van der Waals surface area contributed by atoms with Crippen LogP contribution in [0.1, 0.15) is 79.2 Å². The van der Waals surface area contributed by atoms with Gasteiger partial charge >= 0.3 is 0 Å². The molecule has 2 amide bonds. The molecule has 12 nitrogen and oxygen atoms in total. The molecule has 0 bridgehead atoms. The molecule has 0 aliphatic heterocycles. The number of carbonyl (C=O) groups is 4. The second kappa shape index (κ2) is 14.5. The molecule has 2 aromatic carbocycles. The summed E-state index contributed by atoms with van der Waals surface area (Å²) in [6.45, 7) is 5.93. The third kappa shape index (κ3) is 6.37. The fourth-order valence-electron chi connectivity index (χ4n) is 8.23. The Morgan fingerprint density at radius 3 is 2.27 bits per heavy atom. The van der Waals surface area contributed by atoms with Crippen molar-refractivity contribution in [3.63, 3.8) is 0 Å². The van der Waals surface area contributed by atoms with Crippen LogP contribution in [0, 0.1) is 25.7 Å². The van der Waals surface area contributed by atoms with Crippen molar-refractivity contribution in [3.8, 4) is 5.75 Å². The zero-order valence-electron chi connectivity index (χ0n) is 29.6. The van der Waals surface area contributed by atoms with Gasteiger partial charge in [0, 0.05) is 17.9 Å². The Bertz CT molecular complexity index is 1870. The van der Waals surface area contributed by atoms with Gasteiger partial charge in [-0.2, -0.15) is 0 Å². The van der Waals surface area contributed by atoms with Gasteiger partial charge in [-0.1, -0.05) is 44.4 Å². The van der Waals surface area contributed by atoms with E-state index >= 15 is 0 Å². The van der Waals surface area contributed by atoms with Gasteiger partial charge in [-0.25, -0.2) is 0 Å². The predicted octanol–water partition coefficient (Wildman–Crippen LogP) is 3.13. The molecule has 2 aromatic rings. The first-order valence-corrected chi connectivity index (χ1v) is 17.9. The summed E-state index contributed by atoms with van der Waals surface area (Å²) in [5, 5.41) is 61.4. The normalized spacial score (nSPS) is 25.9. The summed E-state index contributed by atoms with van der Waals surface area (Å²) in [4.78, 5) is 53.9. The van der Waals surface area contributed by atoms with E-state index in [1.54, 1.807) is 13.0 Å². The topological polar surface area (TPSA) is 211 Å². The number of amides is 2. The smallest absolute Gasteiger partial charge is 0.255 e. The fourth-order valence-corrected chi connectivity index (χ4v) is 8.54. The zero-order valence-corrected chi connectivity index (χ0v) is 30.8. The van der Waals surface area contributed by atoms with Gasteiger partial charge in [-0.15, -0.1) is 9.24 Å². The third-order valence-corrected chi connectivity index (χ3v) is 11.8. The monoisotopic (exact) mass is 721 g/mol. The van der Waals surface area contributed by atoms with Gasteiger partial charge in [-0.05, 0) is 86.7 Å². The van der Waals surface area contributed by atoms with Gasteiger partial charge in [0.25, 0.3) is 5.91 Å². The van der Waals surface area contributed by atoms with E-state index in [-0.39, 0.29) is 23.6 Å². The second-order valence-corrected chi connectivity index (χ2v) is 15.0. The SMILES string of the molecule is Cc1c(P)ccc(CCCCCCCC(=O)Nc2ccc3c(c2O)C(O)=C2C(=O)[C@]4(O)C(O)=C(C(N)=O)C(=O)[C@@H](N(C)C)[C@@H]4[C@@H](O)[C@@H]2[C@H]3C)c1C. The standard InChI is InChI=1S/C38H48N3O9P/c1-17-18(2)23(51)16-13-20(17)11-9-7-6-8-10-12-24(42)40-22-15-14-21-19(3)25-27(32(44)26(21)31(22)43)35(47)38(50)29(33(25)45)30(41(4)5)34(46)28(36(38)48)37(39)49/h13-16,19,25,29-30,33,43-45,48,50H,6-12,51H2,1-5H3,(H2,39,49)(H,40,42)/t19-,25+,29+,30-,33-,38-/m0/s1. The molecule has 0 aromatic heterocycles. The summed E-state index contributed by atoms with van der Waals surface area (Å²) >= 11 is 0. The van der Waals surface area contributed by atoms with E-state index in [1.165, 1.54) is 47.1 Å². The number of primary amides is 1.